The molecule has 0 spiro atoms. The quantitative estimate of drug-likeness (QED) is 0.691. The van der Waals surface area contributed by atoms with Crippen LogP contribution in [0.5, 0.6) is 0 Å². The van der Waals surface area contributed by atoms with Crippen molar-refractivity contribution in [2.24, 2.45) is 0 Å². The molecule has 1 aliphatic rings. The average molecular weight is 369 g/mol. The van der Waals surface area contributed by atoms with Gasteiger partial charge in [0.05, 0.1) is 13.2 Å². The van der Waals surface area contributed by atoms with Crippen LogP contribution in [0.2, 0.25) is 0 Å². The lowest BCUT2D eigenvalue weighted by molar-refractivity contribution is -0.120. The summed E-state index contributed by atoms with van der Waals surface area (Å²) in [5.74, 6) is 1.56. The lowest BCUT2D eigenvalue weighted by Gasteiger charge is -2.28. The Morgan fingerprint density at radius 2 is 1.93 bits per heavy atom. The van der Waals surface area contributed by atoms with Gasteiger partial charge >= 0.3 is 0 Å². The van der Waals surface area contributed by atoms with E-state index in [1.54, 1.807) is 0 Å². The first-order chi connectivity index (χ1) is 13.2. The Morgan fingerprint density at radius 1 is 1.15 bits per heavy atom. The largest absolute Gasteiger partial charge is 0.378 e. The fraction of sp³-hybridized carbons (Fsp3) is 0.450. The van der Waals surface area contributed by atoms with Crippen molar-refractivity contribution in [3.8, 4) is 0 Å². The molecule has 1 fully saturated rings. The Balaban J connectivity index is 1.40. The SMILES string of the molecule is Cc1cc(N2CCOCC2)nc(NCCNC(=O)CCc2ccccc2)n1. The third-order valence-corrected chi connectivity index (χ3v) is 4.39. The highest BCUT2D eigenvalue weighted by Gasteiger charge is 2.14. The number of hydrogen-bond donors (Lipinski definition) is 2. The van der Waals surface area contributed by atoms with Gasteiger partial charge in [-0.3, -0.25) is 4.79 Å². The molecule has 144 valence electrons. The van der Waals surface area contributed by atoms with Gasteiger partial charge in [-0.05, 0) is 18.9 Å². The van der Waals surface area contributed by atoms with Crippen molar-refractivity contribution in [1.29, 1.82) is 0 Å². The predicted octanol–water partition coefficient (Wildman–Crippen LogP) is 1.78. The van der Waals surface area contributed by atoms with Gasteiger partial charge in [-0.15, -0.1) is 0 Å². The molecule has 1 aromatic heterocycles. The third-order valence-electron chi connectivity index (χ3n) is 4.39. The van der Waals surface area contributed by atoms with Gasteiger partial charge in [0.1, 0.15) is 5.82 Å². The predicted molar refractivity (Wildman–Crippen MR) is 106 cm³/mol. The van der Waals surface area contributed by atoms with Crippen molar-refractivity contribution in [2.45, 2.75) is 19.8 Å². The van der Waals surface area contributed by atoms with E-state index in [2.05, 4.69) is 25.5 Å². The summed E-state index contributed by atoms with van der Waals surface area (Å²) in [6.07, 6.45) is 1.25. The van der Waals surface area contributed by atoms with Crippen LogP contribution < -0.4 is 15.5 Å². The number of carbonyl (C=O) groups excluding carboxylic acids is 1. The van der Waals surface area contributed by atoms with Gasteiger partial charge in [0.15, 0.2) is 0 Å². The monoisotopic (exact) mass is 369 g/mol. The van der Waals surface area contributed by atoms with E-state index < -0.39 is 0 Å². The molecule has 1 saturated heterocycles. The van der Waals surface area contributed by atoms with E-state index in [9.17, 15) is 4.79 Å². The molecule has 2 N–H and O–H groups in total. The summed E-state index contributed by atoms with van der Waals surface area (Å²) in [4.78, 5) is 23.2. The highest BCUT2D eigenvalue weighted by atomic mass is 16.5. The second-order valence-electron chi connectivity index (χ2n) is 6.55. The zero-order chi connectivity index (χ0) is 18.9. The van der Waals surface area contributed by atoms with Gasteiger partial charge < -0.3 is 20.3 Å². The summed E-state index contributed by atoms with van der Waals surface area (Å²) >= 11 is 0. The molecule has 0 saturated carbocycles. The van der Waals surface area contributed by atoms with Gasteiger partial charge in [-0.2, -0.15) is 4.98 Å². The molecule has 1 aliphatic heterocycles. The van der Waals surface area contributed by atoms with Crippen molar-refractivity contribution in [2.75, 3.05) is 49.6 Å². The topological polar surface area (TPSA) is 79.4 Å². The number of ether oxygens (including phenoxy) is 1. The molecule has 27 heavy (non-hydrogen) atoms. The van der Waals surface area contributed by atoms with E-state index in [1.165, 1.54) is 5.56 Å². The Kier molecular flexibility index (Phi) is 6.98. The molecule has 1 aromatic carbocycles. The maximum absolute atomic E-state index is 12.0. The molecule has 0 radical (unpaired) electrons. The minimum atomic E-state index is 0.0554. The molecule has 1 amide bonds. The van der Waals surface area contributed by atoms with Crippen molar-refractivity contribution in [3.05, 3.63) is 47.7 Å². The number of carbonyl (C=O) groups is 1. The van der Waals surface area contributed by atoms with E-state index >= 15 is 0 Å². The lowest BCUT2D eigenvalue weighted by atomic mass is 10.1. The summed E-state index contributed by atoms with van der Waals surface area (Å²) in [5, 5.41) is 6.13. The first kappa shape index (κ1) is 19.1. The van der Waals surface area contributed by atoms with Gasteiger partial charge in [-0.25, -0.2) is 4.98 Å². The number of benzene rings is 1. The molecular formula is C20H27N5O2. The summed E-state index contributed by atoms with van der Waals surface area (Å²) in [7, 11) is 0. The molecule has 2 aromatic rings. The minimum absolute atomic E-state index is 0.0554. The molecule has 0 bridgehead atoms. The molecule has 0 unspecified atom stereocenters. The fourth-order valence-corrected chi connectivity index (χ4v) is 2.95. The van der Waals surface area contributed by atoms with Crippen LogP contribution in [0.4, 0.5) is 11.8 Å². The number of aromatic nitrogens is 2. The number of nitrogens with one attached hydrogen (secondary N) is 2. The molecule has 7 nitrogen and oxygen atoms in total. The fourth-order valence-electron chi connectivity index (χ4n) is 2.95. The molecule has 2 heterocycles. The molecule has 0 aliphatic carbocycles. The Labute approximate surface area is 160 Å². The smallest absolute Gasteiger partial charge is 0.224 e. The number of anilines is 2. The van der Waals surface area contributed by atoms with E-state index in [0.717, 1.165) is 44.2 Å². The van der Waals surface area contributed by atoms with Gasteiger partial charge in [0.25, 0.3) is 0 Å². The van der Waals surface area contributed by atoms with E-state index in [0.29, 0.717) is 25.5 Å². The Bertz CT molecular complexity index is 732. The number of nitrogens with zero attached hydrogens (tertiary/aromatic N) is 3. The average Bonchev–Trinajstić information content (AvgIpc) is 2.71. The van der Waals surface area contributed by atoms with Crippen molar-refractivity contribution >= 4 is 17.7 Å². The molecule has 7 heteroatoms. The van der Waals surface area contributed by atoms with Crippen LogP contribution in [-0.2, 0) is 16.0 Å². The van der Waals surface area contributed by atoms with Gasteiger partial charge in [0.2, 0.25) is 11.9 Å². The number of rotatable bonds is 8. The second-order valence-corrected chi connectivity index (χ2v) is 6.55. The number of amides is 1. The number of morpholine rings is 1. The maximum Gasteiger partial charge on any atom is 0.224 e. The van der Waals surface area contributed by atoms with Crippen molar-refractivity contribution < 1.29 is 9.53 Å². The van der Waals surface area contributed by atoms with Crippen LogP contribution in [-0.4, -0.2) is 55.3 Å². The molecular weight excluding hydrogens is 342 g/mol. The first-order valence-corrected chi connectivity index (χ1v) is 9.43. The van der Waals surface area contributed by atoms with Gasteiger partial charge in [-0.1, -0.05) is 30.3 Å². The van der Waals surface area contributed by atoms with Crippen LogP contribution in [0.25, 0.3) is 0 Å². The van der Waals surface area contributed by atoms with Crippen LogP contribution in [0.3, 0.4) is 0 Å². The highest BCUT2D eigenvalue weighted by molar-refractivity contribution is 5.76. The standard InChI is InChI=1S/C20H27N5O2/c1-16-15-18(25-11-13-27-14-12-25)24-20(23-16)22-10-9-21-19(26)8-7-17-5-3-2-4-6-17/h2-6,15H,7-14H2,1H3,(H,21,26)(H,22,23,24). The van der Waals surface area contributed by atoms with Crippen molar-refractivity contribution in [3.63, 3.8) is 0 Å². The summed E-state index contributed by atoms with van der Waals surface area (Å²) in [5.41, 5.74) is 2.09. The summed E-state index contributed by atoms with van der Waals surface area (Å²) < 4.78 is 5.39. The first-order valence-electron chi connectivity index (χ1n) is 9.43. The van der Waals surface area contributed by atoms with E-state index in [1.807, 2.05) is 43.3 Å². The normalized spacial score (nSPS) is 14.0. The van der Waals surface area contributed by atoms with Gasteiger partial charge in [0, 0.05) is 44.4 Å². The van der Waals surface area contributed by atoms with E-state index in [-0.39, 0.29) is 5.91 Å². The third kappa shape index (κ3) is 6.21. The molecule has 3 rings (SSSR count). The lowest BCUT2D eigenvalue weighted by Crippen LogP contribution is -2.37. The Hall–Kier alpha value is -2.67. The van der Waals surface area contributed by atoms with Crippen LogP contribution in [0, 0.1) is 6.92 Å². The van der Waals surface area contributed by atoms with Crippen LogP contribution in [0.15, 0.2) is 36.4 Å². The minimum Gasteiger partial charge on any atom is -0.378 e. The Morgan fingerprint density at radius 3 is 2.70 bits per heavy atom. The van der Waals surface area contributed by atoms with Crippen LogP contribution in [0.1, 0.15) is 17.7 Å². The summed E-state index contributed by atoms with van der Waals surface area (Å²) in [6.45, 7) is 6.21. The number of aryl methyl sites for hydroxylation is 2. The zero-order valence-electron chi connectivity index (χ0n) is 15.8. The zero-order valence-corrected chi connectivity index (χ0v) is 15.8. The van der Waals surface area contributed by atoms with E-state index in [4.69, 9.17) is 4.74 Å². The highest BCUT2D eigenvalue weighted by Crippen LogP contribution is 2.16. The molecule has 0 atom stereocenters. The van der Waals surface area contributed by atoms with Crippen molar-refractivity contribution in [1.82, 2.24) is 15.3 Å². The second kappa shape index (κ2) is 9.87. The van der Waals surface area contributed by atoms with Crippen LogP contribution >= 0.6 is 0 Å². The maximum atomic E-state index is 12.0. The number of hydrogen-bond acceptors (Lipinski definition) is 6. The summed E-state index contributed by atoms with van der Waals surface area (Å²) in [6, 6.07) is 12.0.